The van der Waals surface area contributed by atoms with Crippen LogP contribution in [-0.4, -0.2) is 87.1 Å². The lowest BCUT2D eigenvalue weighted by molar-refractivity contribution is -0.0312. The molecule has 2 atom stereocenters. The number of ether oxygens (including phenoxy) is 2. The van der Waals surface area contributed by atoms with Crippen LogP contribution in [-0.2, 0) is 24.6 Å². The number of nitrogens with one attached hydrogen (secondary N) is 2. The van der Waals surface area contributed by atoms with Gasteiger partial charge >= 0.3 is 0 Å². The maximum absolute atomic E-state index is 13.4. The van der Waals surface area contributed by atoms with Gasteiger partial charge in [-0.1, -0.05) is 12.1 Å². The Morgan fingerprint density at radius 1 is 1.14 bits per heavy atom. The third kappa shape index (κ3) is 6.24. The second-order valence-electron chi connectivity index (χ2n) is 11.9. The van der Waals surface area contributed by atoms with Crippen LogP contribution in [0.1, 0.15) is 37.7 Å². The Labute approximate surface area is 251 Å². The van der Waals surface area contributed by atoms with E-state index in [1.54, 1.807) is 30.3 Å². The van der Waals surface area contributed by atoms with Crippen LogP contribution < -0.4 is 15.5 Å². The summed E-state index contributed by atoms with van der Waals surface area (Å²) in [7, 11) is -7.30. The van der Waals surface area contributed by atoms with E-state index in [1.807, 2.05) is 13.0 Å². The van der Waals surface area contributed by atoms with Crippen molar-refractivity contribution in [1.29, 1.82) is 0 Å². The Hall–Kier alpha value is -2.81. The molecule has 0 radical (unpaired) electrons. The summed E-state index contributed by atoms with van der Waals surface area (Å²) in [6.07, 6.45) is 3.52. The van der Waals surface area contributed by atoms with Gasteiger partial charge in [0, 0.05) is 42.8 Å². The first-order valence-electron chi connectivity index (χ1n) is 14.6. The van der Waals surface area contributed by atoms with Gasteiger partial charge in [0.05, 0.1) is 22.4 Å². The molecule has 11 nitrogen and oxygen atoms in total. The molecular formula is C30H37N3O8S2. The molecule has 1 aromatic heterocycles. The molecular weight excluding hydrogens is 594 g/mol. The molecule has 3 aromatic rings. The van der Waals surface area contributed by atoms with Gasteiger partial charge in [0.1, 0.15) is 23.4 Å². The lowest BCUT2D eigenvalue weighted by atomic mass is 9.88. The molecule has 3 heterocycles. The molecule has 3 fully saturated rings. The molecule has 3 aliphatic rings. The minimum Gasteiger partial charge on any atom is -0.491 e. The molecule has 3 N–H and O–H groups in total. The molecule has 2 aromatic carbocycles. The van der Waals surface area contributed by atoms with Gasteiger partial charge in [0.25, 0.3) is 0 Å². The number of piperidine rings is 1. The van der Waals surface area contributed by atoms with Crippen LogP contribution in [0.15, 0.2) is 63.2 Å². The van der Waals surface area contributed by atoms with E-state index in [0.29, 0.717) is 55.4 Å². The molecule has 232 valence electrons. The number of aromatic amines is 1. The molecule has 13 heteroatoms. The van der Waals surface area contributed by atoms with Crippen molar-refractivity contribution in [2.45, 2.75) is 71.8 Å². The number of sulfone groups is 1. The first-order valence-corrected chi connectivity index (χ1v) is 17.6. The monoisotopic (exact) mass is 631 g/mol. The number of pyridine rings is 1. The fourth-order valence-corrected chi connectivity index (χ4v) is 9.16. The molecule has 2 unspecified atom stereocenters. The first kappa shape index (κ1) is 30.2. The van der Waals surface area contributed by atoms with Crippen LogP contribution >= 0.6 is 0 Å². The third-order valence-electron chi connectivity index (χ3n) is 8.64. The molecule has 1 spiro atoms. The molecule has 2 aliphatic heterocycles. The minimum atomic E-state index is -3.98. The predicted octanol–water partition coefficient (Wildman–Crippen LogP) is 2.11. The van der Waals surface area contributed by atoms with Crippen molar-refractivity contribution in [1.82, 2.24) is 14.6 Å². The summed E-state index contributed by atoms with van der Waals surface area (Å²) in [5.41, 5.74) is 0.599. The van der Waals surface area contributed by atoms with E-state index >= 15 is 0 Å². The average Bonchev–Trinajstić information content (AvgIpc) is 3.78. The summed E-state index contributed by atoms with van der Waals surface area (Å²) in [6.45, 7) is 3.08. The molecule has 1 saturated carbocycles. The van der Waals surface area contributed by atoms with Crippen molar-refractivity contribution in [3.63, 3.8) is 0 Å². The zero-order chi connectivity index (χ0) is 30.4. The standard InChI is InChI=1S/C30H37N3O8S2/c1-20-5-8-26-27(13-20)32-17-28(29(26)35)43(38,39)33-11-9-30(10-12-33)15-21(18-41-30)31-16-22(34)19-40-23-3-2-4-25(14-23)42(36,37)24-6-7-24/h2-5,8,13-14,17,21-22,24,31,34H,6-7,9-12,15-16,18-19H2,1H3,(H,32,35). The normalized spacial score (nSPS) is 21.8. The van der Waals surface area contributed by atoms with Gasteiger partial charge in [-0.25, -0.2) is 16.8 Å². The SMILES string of the molecule is Cc1ccc2c(=O)c(S(=O)(=O)N3CCC4(CC3)CC(NCC(O)COc3cccc(S(=O)(=O)C5CC5)c3)CO4)c[nH]c2c1. The molecule has 0 amide bonds. The van der Waals surface area contributed by atoms with E-state index in [2.05, 4.69) is 10.3 Å². The van der Waals surface area contributed by atoms with E-state index in [4.69, 9.17) is 9.47 Å². The maximum atomic E-state index is 13.4. The third-order valence-corrected chi connectivity index (χ3v) is 12.8. The molecule has 43 heavy (non-hydrogen) atoms. The Morgan fingerprint density at radius 3 is 2.65 bits per heavy atom. The number of nitrogens with zero attached hydrogens (tertiary/aromatic N) is 1. The summed E-state index contributed by atoms with van der Waals surface area (Å²) < 4.78 is 65.0. The van der Waals surface area contributed by atoms with E-state index in [-0.39, 0.29) is 47.3 Å². The van der Waals surface area contributed by atoms with Crippen LogP contribution in [0.4, 0.5) is 0 Å². The van der Waals surface area contributed by atoms with Gasteiger partial charge in [-0.15, -0.1) is 0 Å². The van der Waals surface area contributed by atoms with E-state index in [1.165, 1.54) is 16.6 Å². The zero-order valence-corrected chi connectivity index (χ0v) is 25.6. The zero-order valence-electron chi connectivity index (χ0n) is 24.0. The van der Waals surface area contributed by atoms with Crippen LogP contribution in [0.2, 0.25) is 0 Å². The van der Waals surface area contributed by atoms with E-state index in [9.17, 15) is 26.7 Å². The smallest absolute Gasteiger partial charge is 0.248 e. The van der Waals surface area contributed by atoms with Crippen LogP contribution in [0.25, 0.3) is 10.9 Å². The predicted molar refractivity (Wildman–Crippen MR) is 161 cm³/mol. The number of aryl methyl sites for hydroxylation is 1. The molecule has 2 saturated heterocycles. The number of sulfonamides is 1. The number of aliphatic hydroxyl groups excluding tert-OH is 1. The topological polar surface area (TPSA) is 155 Å². The van der Waals surface area contributed by atoms with Crippen molar-refractivity contribution in [3.8, 4) is 5.75 Å². The fourth-order valence-electron chi connectivity index (χ4n) is 5.97. The molecule has 1 aliphatic carbocycles. The van der Waals surface area contributed by atoms with Gasteiger partial charge in [0.2, 0.25) is 15.5 Å². The van der Waals surface area contributed by atoms with Crippen molar-refractivity contribution >= 4 is 30.8 Å². The van der Waals surface area contributed by atoms with Crippen molar-refractivity contribution in [2.75, 3.05) is 32.8 Å². The summed E-state index contributed by atoms with van der Waals surface area (Å²) >= 11 is 0. The van der Waals surface area contributed by atoms with Gasteiger partial charge < -0.3 is 24.9 Å². The van der Waals surface area contributed by atoms with Gasteiger partial charge in [0.15, 0.2) is 9.84 Å². The number of rotatable bonds is 10. The quantitative estimate of drug-likeness (QED) is 0.305. The van der Waals surface area contributed by atoms with E-state index in [0.717, 1.165) is 5.56 Å². The van der Waals surface area contributed by atoms with Crippen LogP contribution in [0.3, 0.4) is 0 Å². The van der Waals surface area contributed by atoms with E-state index < -0.39 is 37.0 Å². The summed E-state index contributed by atoms with van der Waals surface area (Å²) in [5, 5.41) is 13.8. The second-order valence-corrected chi connectivity index (χ2v) is 16.1. The Morgan fingerprint density at radius 2 is 1.91 bits per heavy atom. The van der Waals surface area contributed by atoms with Gasteiger partial charge in [-0.05, 0) is 74.9 Å². The lowest BCUT2D eigenvalue weighted by Gasteiger charge is -2.37. The number of fused-ring (bicyclic) bond motifs is 1. The highest BCUT2D eigenvalue weighted by atomic mass is 32.2. The Balaban J connectivity index is 0.991. The van der Waals surface area contributed by atoms with Crippen LogP contribution in [0, 0.1) is 6.92 Å². The van der Waals surface area contributed by atoms with Crippen molar-refractivity contribution < 1.29 is 31.4 Å². The number of H-pyrrole nitrogens is 1. The van der Waals surface area contributed by atoms with Crippen LogP contribution in [0.5, 0.6) is 5.75 Å². The summed E-state index contributed by atoms with van der Waals surface area (Å²) in [6, 6.07) is 11.6. The second kappa shape index (κ2) is 11.6. The van der Waals surface area contributed by atoms with Gasteiger partial charge in [-0.3, -0.25) is 4.79 Å². The first-order chi connectivity index (χ1) is 20.5. The fraction of sp³-hybridized carbons (Fsp3) is 0.500. The largest absolute Gasteiger partial charge is 0.491 e. The van der Waals surface area contributed by atoms with Gasteiger partial charge in [-0.2, -0.15) is 4.31 Å². The number of aliphatic hydroxyl groups is 1. The molecule has 0 bridgehead atoms. The number of aromatic nitrogens is 1. The number of hydrogen-bond acceptors (Lipinski definition) is 9. The highest BCUT2D eigenvalue weighted by molar-refractivity contribution is 7.92. The summed E-state index contributed by atoms with van der Waals surface area (Å²) in [5.74, 6) is 0.395. The van der Waals surface area contributed by atoms with Crippen molar-refractivity contribution in [3.05, 3.63) is 64.4 Å². The minimum absolute atomic E-state index is 0.00101. The number of hydrogen-bond donors (Lipinski definition) is 3. The highest BCUT2D eigenvalue weighted by Crippen LogP contribution is 2.37. The summed E-state index contributed by atoms with van der Waals surface area (Å²) in [4.78, 5) is 16.0. The highest BCUT2D eigenvalue weighted by Gasteiger charge is 2.45. The maximum Gasteiger partial charge on any atom is 0.248 e. The van der Waals surface area contributed by atoms with Crippen molar-refractivity contribution in [2.24, 2.45) is 0 Å². The lowest BCUT2D eigenvalue weighted by Crippen LogP contribution is -2.47. The molecule has 6 rings (SSSR count). The Bertz CT molecular complexity index is 1780. The average molecular weight is 632 g/mol. The Kier molecular flexibility index (Phi) is 8.16. The number of benzene rings is 2.